The molecule has 1 atom stereocenters. The van der Waals surface area contributed by atoms with Crippen molar-refractivity contribution in [3.8, 4) is 0 Å². The lowest BCUT2D eigenvalue weighted by Gasteiger charge is -2.14. The number of unbranched alkanes of at least 4 members (excludes halogenated alkanes) is 1. The molecule has 0 aliphatic rings. The van der Waals surface area contributed by atoms with Gasteiger partial charge in [-0.15, -0.1) is 0 Å². The molecule has 1 unspecified atom stereocenters. The highest BCUT2D eigenvalue weighted by Crippen LogP contribution is 2.16. The highest BCUT2D eigenvalue weighted by molar-refractivity contribution is 9.09. The lowest BCUT2D eigenvalue weighted by molar-refractivity contribution is -0.121. The zero-order valence-electron chi connectivity index (χ0n) is 11.7. The van der Waals surface area contributed by atoms with Crippen LogP contribution < -0.4 is 5.32 Å². The molecule has 0 aliphatic carbocycles. The van der Waals surface area contributed by atoms with E-state index < -0.39 is 9.84 Å². The maximum absolute atomic E-state index is 11.7. The number of carbonyl (C=O) groups is 1. The molecule has 0 saturated carbocycles. The summed E-state index contributed by atoms with van der Waals surface area (Å²) in [6.07, 6.45) is 3.52. The third-order valence-corrected chi connectivity index (χ3v) is 4.66. The third-order valence-electron chi connectivity index (χ3n) is 2.97. The summed E-state index contributed by atoms with van der Waals surface area (Å²) in [4.78, 5) is 12.0. The highest BCUT2D eigenvalue weighted by Gasteiger charge is 2.11. The molecule has 0 bridgehead atoms. The summed E-state index contributed by atoms with van der Waals surface area (Å²) in [6.45, 7) is 1.89. The lowest BCUT2D eigenvalue weighted by Crippen LogP contribution is -2.26. The number of rotatable bonds is 7. The van der Waals surface area contributed by atoms with Gasteiger partial charge in [0.25, 0.3) is 0 Å². The van der Waals surface area contributed by atoms with Gasteiger partial charge in [-0.2, -0.15) is 0 Å². The quantitative estimate of drug-likeness (QED) is 0.599. The molecule has 1 amide bonds. The van der Waals surface area contributed by atoms with E-state index in [-0.39, 0.29) is 16.8 Å². The van der Waals surface area contributed by atoms with Crippen molar-refractivity contribution >= 4 is 31.7 Å². The van der Waals surface area contributed by atoms with Gasteiger partial charge in [0.1, 0.15) is 0 Å². The number of nitrogens with one attached hydrogen (secondary N) is 1. The maximum atomic E-state index is 11.7. The summed E-state index contributed by atoms with van der Waals surface area (Å²) in [5.74, 6) is 0.0191. The number of halogens is 1. The van der Waals surface area contributed by atoms with Gasteiger partial charge in [-0.3, -0.25) is 4.79 Å². The maximum Gasteiger partial charge on any atom is 0.220 e. The van der Waals surface area contributed by atoms with E-state index in [2.05, 4.69) is 21.2 Å². The Morgan fingerprint density at radius 1 is 1.25 bits per heavy atom. The summed E-state index contributed by atoms with van der Waals surface area (Å²) in [6, 6.07) is 6.48. The van der Waals surface area contributed by atoms with E-state index in [1.54, 1.807) is 24.3 Å². The van der Waals surface area contributed by atoms with Crippen LogP contribution in [0.2, 0.25) is 0 Å². The minimum Gasteiger partial charge on any atom is -0.350 e. The monoisotopic (exact) mass is 361 g/mol. The molecule has 0 spiro atoms. The average molecular weight is 362 g/mol. The molecule has 0 radical (unpaired) electrons. The van der Waals surface area contributed by atoms with Crippen molar-refractivity contribution in [3.63, 3.8) is 0 Å². The predicted octanol–water partition coefficient (Wildman–Crippen LogP) is 2.83. The van der Waals surface area contributed by atoms with Gasteiger partial charge in [0.15, 0.2) is 9.84 Å². The normalized spacial score (nSPS) is 12.9. The molecule has 6 heteroatoms. The molecule has 1 aromatic carbocycles. The highest BCUT2D eigenvalue weighted by atomic mass is 79.9. The zero-order valence-corrected chi connectivity index (χ0v) is 14.1. The van der Waals surface area contributed by atoms with E-state index in [0.717, 1.165) is 23.7 Å². The van der Waals surface area contributed by atoms with Crippen LogP contribution in [0.3, 0.4) is 0 Å². The van der Waals surface area contributed by atoms with Crippen LogP contribution in [0.1, 0.15) is 37.8 Å². The smallest absolute Gasteiger partial charge is 0.220 e. The molecule has 0 aromatic heterocycles. The lowest BCUT2D eigenvalue weighted by atomic mass is 10.1. The van der Waals surface area contributed by atoms with E-state index >= 15 is 0 Å². The first-order valence-corrected chi connectivity index (χ1v) is 9.51. The Bertz CT molecular complexity index is 540. The van der Waals surface area contributed by atoms with Crippen LogP contribution in [0.4, 0.5) is 0 Å². The van der Waals surface area contributed by atoms with E-state index in [1.807, 2.05) is 6.92 Å². The Morgan fingerprint density at radius 3 is 2.35 bits per heavy atom. The number of sulfone groups is 1. The van der Waals surface area contributed by atoms with Crippen molar-refractivity contribution in [2.75, 3.05) is 11.6 Å². The van der Waals surface area contributed by atoms with Gasteiger partial charge in [-0.05, 0) is 37.5 Å². The number of hydrogen-bond acceptors (Lipinski definition) is 3. The van der Waals surface area contributed by atoms with Crippen LogP contribution in [0.25, 0.3) is 0 Å². The summed E-state index contributed by atoms with van der Waals surface area (Å²) in [5.41, 5.74) is 0.895. The van der Waals surface area contributed by atoms with Gasteiger partial charge in [-0.25, -0.2) is 8.42 Å². The summed E-state index contributed by atoms with van der Waals surface area (Å²) < 4.78 is 22.7. The second kappa shape index (κ2) is 7.78. The molecule has 112 valence electrons. The number of alkyl halides is 1. The topological polar surface area (TPSA) is 63.2 Å². The molecular weight excluding hydrogens is 342 g/mol. The molecule has 1 aromatic rings. The van der Waals surface area contributed by atoms with Crippen LogP contribution in [0.5, 0.6) is 0 Å². The van der Waals surface area contributed by atoms with Crippen LogP contribution in [0.15, 0.2) is 29.2 Å². The van der Waals surface area contributed by atoms with Gasteiger partial charge >= 0.3 is 0 Å². The summed E-state index contributed by atoms with van der Waals surface area (Å²) in [5, 5.41) is 3.82. The van der Waals surface area contributed by atoms with Crippen molar-refractivity contribution in [2.45, 2.75) is 37.1 Å². The van der Waals surface area contributed by atoms with Crippen molar-refractivity contribution in [1.29, 1.82) is 0 Å². The number of amides is 1. The fourth-order valence-corrected chi connectivity index (χ4v) is 2.81. The van der Waals surface area contributed by atoms with Crippen LogP contribution in [-0.4, -0.2) is 25.9 Å². The predicted molar refractivity (Wildman–Crippen MR) is 83.8 cm³/mol. The van der Waals surface area contributed by atoms with Crippen LogP contribution >= 0.6 is 15.9 Å². The van der Waals surface area contributed by atoms with Gasteiger partial charge in [0.2, 0.25) is 5.91 Å². The first-order valence-electron chi connectivity index (χ1n) is 6.50. The number of carbonyl (C=O) groups excluding carboxylic acids is 1. The minimum absolute atomic E-state index is 0.0191. The van der Waals surface area contributed by atoms with Gasteiger partial charge in [0.05, 0.1) is 10.9 Å². The minimum atomic E-state index is -3.18. The van der Waals surface area contributed by atoms with Crippen LogP contribution in [-0.2, 0) is 14.6 Å². The van der Waals surface area contributed by atoms with E-state index in [1.165, 1.54) is 6.26 Å². The summed E-state index contributed by atoms with van der Waals surface area (Å²) in [7, 11) is -3.18. The zero-order chi connectivity index (χ0) is 15.2. The molecule has 0 heterocycles. The molecule has 4 nitrogen and oxygen atoms in total. The first-order chi connectivity index (χ1) is 9.34. The SMILES string of the molecule is CC(NC(=O)CCCCBr)c1ccc(S(C)(=O)=O)cc1. The van der Waals surface area contributed by atoms with E-state index in [0.29, 0.717) is 6.42 Å². The number of hydrogen-bond donors (Lipinski definition) is 1. The van der Waals surface area contributed by atoms with Gasteiger partial charge in [0, 0.05) is 18.0 Å². The molecule has 1 N–H and O–H groups in total. The van der Waals surface area contributed by atoms with Crippen molar-refractivity contribution in [2.24, 2.45) is 0 Å². The molecule has 1 rings (SSSR count). The Labute approximate surface area is 129 Å². The van der Waals surface area contributed by atoms with Crippen molar-refractivity contribution in [1.82, 2.24) is 5.32 Å². The van der Waals surface area contributed by atoms with Crippen molar-refractivity contribution in [3.05, 3.63) is 29.8 Å². The first kappa shape index (κ1) is 17.2. The average Bonchev–Trinajstić information content (AvgIpc) is 2.38. The molecule has 20 heavy (non-hydrogen) atoms. The summed E-state index contributed by atoms with van der Waals surface area (Å²) >= 11 is 3.33. The van der Waals surface area contributed by atoms with Crippen molar-refractivity contribution < 1.29 is 13.2 Å². The Kier molecular flexibility index (Phi) is 6.68. The van der Waals surface area contributed by atoms with E-state index in [4.69, 9.17) is 0 Å². The van der Waals surface area contributed by atoms with E-state index in [9.17, 15) is 13.2 Å². The largest absolute Gasteiger partial charge is 0.350 e. The molecule has 0 saturated heterocycles. The molecule has 0 aliphatic heterocycles. The van der Waals surface area contributed by atoms with Gasteiger partial charge in [-0.1, -0.05) is 28.1 Å². The number of benzene rings is 1. The third kappa shape index (κ3) is 5.63. The fraction of sp³-hybridized carbons (Fsp3) is 0.500. The Morgan fingerprint density at radius 2 is 1.85 bits per heavy atom. The van der Waals surface area contributed by atoms with Gasteiger partial charge < -0.3 is 5.32 Å². The fourth-order valence-electron chi connectivity index (χ4n) is 1.78. The van der Waals surface area contributed by atoms with Crippen LogP contribution in [0, 0.1) is 0 Å². The second-order valence-electron chi connectivity index (χ2n) is 4.78. The Balaban J connectivity index is 2.60. The Hall–Kier alpha value is -0.880. The molecule has 0 fully saturated rings. The molecular formula is C14H20BrNO3S. The second-order valence-corrected chi connectivity index (χ2v) is 7.59. The standard InChI is InChI=1S/C14H20BrNO3S/c1-11(16-14(17)5-3-4-10-15)12-6-8-13(9-7-12)20(2,18)19/h6-9,11H,3-5,10H2,1-2H3,(H,16,17).